The quantitative estimate of drug-likeness (QED) is 0.701. The highest BCUT2D eigenvalue weighted by atomic mass is 19.4. The molecule has 2 saturated carbocycles. The van der Waals surface area contributed by atoms with Gasteiger partial charge in [0.15, 0.2) is 0 Å². The minimum atomic E-state index is -5.94. The molecule has 2 aliphatic rings. The third-order valence-electron chi connectivity index (χ3n) is 6.62. The Morgan fingerprint density at radius 2 is 1.50 bits per heavy atom. The van der Waals surface area contributed by atoms with E-state index < -0.39 is 23.5 Å². The summed E-state index contributed by atoms with van der Waals surface area (Å²) in [5, 5.41) is 12.0. The molecule has 2 bridgehead atoms. The summed E-state index contributed by atoms with van der Waals surface area (Å²) >= 11 is 0. The lowest BCUT2D eigenvalue weighted by Crippen LogP contribution is -2.53. The van der Waals surface area contributed by atoms with E-state index in [0.29, 0.717) is 29.9 Å². The fraction of sp³-hybridized carbons (Fsp3) is 0.632. The summed E-state index contributed by atoms with van der Waals surface area (Å²) < 4.78 is 77.5. The number of nitrogens with one attached hydrogen (secondary N) is 1. The summed E-state index contributed by atoms with van der Waals surface area (Å²) in [5.74, 6) is 1.15. The Labute approximate surface area is 158 Å². The van der Waals surface area contributed by atoms with Gasteiger partial charge in [0.1, 0.15) is 0 Å². The van der Waals surface area contributed by atoms with Crippen molar-refractivity contribution >= 4 is 11.6 Å². The average molecular weight is 409 g/mol. The maximum atomic E-state index is 12.9. The van der Waals surface area contributed by atoms with Crippen molar-refractivity contribution < 1.29 is 36.2 Å². The molecule has 0 aromatic heterocycles. The summed E-state index contributed by atoms with van der Waals surface area (Å²) in [6, 6.07) is 2.94. The number of hydrogen-bond donors (Lipinski definition) is 2. The van der Waals surface area contributed by atoms with E-state index in [1.807, 2.05) is 0 Å². The van der Waals surface area contributed by atoms with Crippen LogP contribution in [-0.4, -0.2) is 23.4 Å². The predicted molar refractivity (Wildman–Crippen MR) is 89.1 cm³/mol. The minimum absolute atomic E-state index is 0.0870. The SMILES string of the molecule is CC1C2CC(C(=O)Nc3ccc(C(O)(C(F)(F)F)C(F)(F)F)cc3)C(C2)C1C. The number of amides is 1. The molecule has 1 aromatic carbocycles. The molecule has 2 aliphatic carbocycles. The van der Waals surface area contributed by atoms with Gasteiger partial charge in [-0.25, -0.2) is 0 Å². The lowest BCUT2D eigenvalue weighted by molar-refractivity contribution is -0.376. The first kappa shape index (κ1) is 21.0. The number of hydrogen-bond acceptors (Lipinski definition) is 2. The maximum Gasteiger partial charge on any atom is 0.430 e. The molecule has 0 aliphatic heterocycles. The molecule has 28 heavy (non-hydrogen) atoms. The second kappa shape index (κ2) is 6.64. The van der Waals surface area contributed by atoms with Gasteiger partial charge in [0, 0.05) is 17.2 Å². The van der Waals surface area contributed by atoms with Gasteiger partial charge < -0.3 is 10.4 Å². The first-order valence-corrected chi connectivity index (χ1v) is 9.04. The van der Waals surface area contributed by atoms with Crippen LogP contribution >= 0.6 is 0 Å². The lowest BCUT2D eigenvalue weighted by Gasteiger charge is -2.33. The van der Waals surface area contributed by atoms with E-state index in [2.05, 4.69) is 19.2 Å². The highest BCUT2D eigenvalue weighted by Gasteiger charge is 2.71. The highest BCUT2D eigenvalue weighted by Crippen LogP contribution is 2.55. The second-order valence-electron chi connectivity index (χ2n) is 7.99. The van der Waals surface area contributed by atoms with Crippen LogP contribution in [0.2, 0.25) is 0 Å². The summed E-state index contributed by atoms with van der Waals surface area (Å²) in [6.45, 7) is 4.25. The highest BCUT2D eigenvalue weighted by molar-refractivity contribution is 5.93. The Kier molecular flexibility index (Phi) is 4.97. The van der Waals surface area contributed by atoms with Gasteiger partial charge in [-0.15, -0.1) is 0 Å². The molecular formula is C19H21F6NO2. The van der Waals surface area contributed by atoms with E-state index in [4.69, 9.17) is 0 Å². The third-order valence-corrected chi connectivity index (χ3v) is 6.62. The zero-order valence-corrected chi connectivity index (χ0v) is 15.2. The smallest absolute Gasteiger partial charge is 0.369 e. The molecule has 2 fully saturated rings. The van der Waals surface area contributed by atoms with Gasteiger partial charge in [-0.3, -0.25) is 4.79 Å². The number of carbonyl (C=O) groups is 1. The second-order valence-corrected chi connectivity index (χ2v) is 7.99. The first-order valence-electron chi connectivity index (χ1n) is 9.04. The van der Waals surface area contributed by atoms with E-state index in [1.54, 1.807) is 0 Å². The van der Waals surface area contributed by atoms with E-state index in [0.717, 1.165) is 25.0 Å². The van der Waals surface area contributed by atoms with E-state index in [-0.39, 0.29) is 23.4 Å². The zero-order chi connectivity index (χ0) is 21.1. The van der Waals surface area contributed by atoms with Crippen molar-refractivity contribution in [3.05, 3.63) is 29.8 Å². The molecule has 2 N–H and O–H groups in total. The molecule has 3 rings (SSSR count). The molecule has 1 aromatic rings. The topological polar surface area (TPSA) is 49.3 Å². The monoisotopic (exact) mass is 409 g/mol. The van der Waals surface area contributed by atoms with E-state index >= 15 is 0 Å². The van der Waals surface area contributed by atoms with Gasteiger partial charge in [0.2, 0.25) is 5.91 Å². The Bertz CT molecular complexity index is 726. The average Bonchev–Trinajstić information content (AvgIpc) is 3.13. The Balaban J connectivity index is 1.76. The summed E-state index contributed by atoms with van der Waals surface area (Å²) in [6.07, 6.45) is -10.2. The summed E-state index contributed by atoms with van der Waals surface area (Å²) in [4.78, 5) is 12.5. The molecule has 0 saturated heterocycles. The molecule has 0 spiro atoms. The largest absolute Gasteiger partial charge is 0.430 e. The van der Waals surface area contributed by atoms with Gasteiger partial charge in [0.25, 0.3) is 5.60 Å². The van der Waals surface area contributed by atoms with Crippen molar-refractivity contribution in [2.45, 2.75) is 44.6 Å². The van der Waals surface area contributed by atoms with Crippen molar-refractivity contribution in [3.63, 3.8) is 0 Å². The molecule has 156 valence electrons. The number of anilines is 1. The number of halogens is 6. The fourth-order valence-electron chi connectivity index (χ4n) is 4.76. The van der Waals surface area contributed by atoms with Gasteiger partial charge in [0.05, 0.1) is 0 Å². The number of aliphatic hydroxyl groups is 1. The molecule has 0 heterocycles. The van der Waals surface area contributed by atoms with Crippen LogP contribution in [0.25, 0.3) is 0 Å². The Morgan fingerprint density at radius 1 is 0.964 bits per heavy atom. The normalized spacial score (nSPS) is 30.5. The van der Waals surface area contributed by atoms with Gasteiger partial charge in [-0.05, 0) is 48.6 Å². The van der Waals surface area contributed by atoms with Crippen LogP contribution in [0, 0.1) is 29.6 Å². The predicted octanol–water partition coefficient (Wildman–Crippen LogP) is 4.87. The molecule has 5 unspecified atom stereocenters. The third kappa shape index (κ3) is 3.17. The van der Waals surface area contributed by atoms with Crippen molar-refractivity contribution in [3.8, 4) is 0 Å². The molecule has 3 nitrogen and oxygen atoms in total. The number of fused-ring (bicyclic) bond motifs is 2. The first-order chi connectivity index (χ1) is 12.8. The van der Waals surface area contributed by atoms with Crippen molar-refractivity contribution in [1.29, 1.82) is 0 Å². The number of benzene rings is 1. The van der Waals surface area contributed by atoms with Crippen molar-refractivity contribution in [1.82, 2.24) is 0 Å². The molecule has 0 radical (unpaired) electrons. The standard InChI is InChI=1S/C19H21F6NO2/c1-9-10(2)14-7-11(9)8-15(14)16(27)26-13-5-3-12(4-6-13)17(28,18(20,21)22)19(23,24)25/h3-6,9-11,14-15,28H,7-8H2,1-2H3,(H,26,27). The fourth-order valence-corrected chi connectivity index (χ4v) is 4.76. The van der Waals surface area contributed by atoms with E-state index in [1.165, 1.54) is 0 Å². The van der Waals surface area contributed by atoms with Crippen LogP contribution in [0.5, 0.6) is 0 Å². The van der Waals surface area contributed by atoms with Crippen LogP contribution in [0.15, 0.2) is 24.3 Å². The van der Waals surface area contributed by atoms with E-state index in [9.17, 15) is 36.2 Å². The van der Waals surface area contributed by atoms with Gasteiger partial charge in [-0.2, -0.15) is 26.3 Å². The van der Waals surface area contributed by atoms with Crippen LogP contribution in [-0.2, 0) is 10.4 Å². The number of alkyl halides is 6. The van der Waals surface area contributed by atoms with Gasteiger partial charge in [-0.1, -0.05) is 26.0 Å². The maximum absolute atomic E-state index is 12.9. The van der Waals surface area contributed by atoms with Crippen molar-refractivity contribution in [2.75, 3.05) is 5.32 Å². The number of carbonyl (C=O) groups excluding carboxylic acids is 1. The van der Waals surface area contributed by atoms with Crippen LogP contribution < -0.4 is 5.32 Å². The molecular weight excluding hydrogens is 388 g/mol. The molecule has 9 heteroatoms. The minimum Gasteiger partial charge on any atom is -0.369 e. The van der Waals surface area contributed by atoms with Crippen molar-refractivity contribution in [2.24, 2.45) is 29.6 Å². The zero-order valence-electron chi connectivity index (χ0n) is 15.2. The van der Waals surface area contributed by atoms with Gasteiger partial charge >= 0.3 is 12.4 Å². The lowest BCUT2D eigenvalue weighted by atomic mass is 9.75. The molecule has 1 amide bonds. The van der Waals surface area contributed by atoms with Crippen LogP contribution in [0.4, 0.5) is 32.0 Å². The van der Waals surface area contributed by atoms with Crippen LogP contribution in [0.1, 0.15) is 32.3 Å². The summed E-state index contributed by atoms with van der Waals surface area (Å²) in [5.41, 5.74) is -6.24. The summed E-state index contributed by atoms with van der Waals surface area (Å²) in [7, 11) is 0. The van der Waals surface area contributed by atoms with Crippen LogP contribution in [0.3, 0.4) is 0 Å². The Hall–Kier alpha value is -1.77. The molecule has 5 atom stereocenters. The Morgan fingerprint density at radius 3 is 1.93 bits per heavy atom. The number of rotatable bonds is 3.